The Kier molecular flexibility index (Phi) is 3.78. The first-order valence-corrected chi connectivity index (χ1v) is 6.09. The number of pyridine rings is 1. The van der Waals surface area contributed by atoms with E-state index >= 15 is 0 Å². The topological polar surface area (TPSA) is 28.2 Å². The summed E-state index contributed by atoms with van der Waals surface area (Å²) in [7, 11) is 2.21. The van der Waals surface area contributed by atoms with Crippen molar-refractivity contribution in [3.05, 3.63) is 24.0 Å². The van der Waals surface area contributed by atoms with Gasteiger partial charge in [0.25, 0.3) is 0 Å². The van der Waals surface area contributed by atoms with E-state index < -0.39 is 0 Å². The summed E-state index contributed by atoms with van der Waals surface area (Å²) in [5, 5.41) is 3.54. The average Bonchev–Trinajstić information content (AvgIpc) is 2.30. The molecule has 0 bridgehead atoms. The van der Waals surface area contributed by atoms with Crippen LogP contribution in [0.2, 0.25) is 0 Å². The van der Waals surface area contributed by atoms with Gasteiger partial charge in [0.05, 0.1) is 0 Å². The van der Waals surface area contributed by atoms with Crippen LogP contribution in [-0.4, -0.2) is 36.6 Å². The molecule has 0 unspecified atom stereocenters. The van der Waals surface area contributed by atoms with Crippen LogP contribution in [0.15, 0.2) is 18.5 Å². The molecule has 1 aliphatic heterocycles. The number of rotatable bonds is 3. The van der Waals surface area contributed by atoms with E-state index in [-0.39, 0.29) is 0 Å². The van der Waals surface area contributed by atoms with Crippen molar-refractivity contribution in [2.75, 3.05) is 32.0 Å². The molecule has 1 aromatic rings. The van der Waals surface area contributed by atoms with Crippen LogP contribution in [0.4, 0.5) is 5.69 Å². The Labute approximate surface area is 97.9 Å². The lowest BCUT2D eigenvalue weighted by molar-refractivity contribution is 0.226. The fourth-order valence-electron chi connectivity index (χ4n) is 2.19. The molecule has 1 fully saturated rings. The minimum absolute atomic E-state index is 0.823. The van der Waals surface area contributed by atoms with E-state index in [1.165, 1.54) is 37.2 Å². The van der Waals surface area contributed by atoms with Crippen LogP contribution in [0.1, 0.15) is 18.4 Å². The second-order valence-electron chi connectivity index (χ2n) is 4.82. The number of aryl methyl sites for hydroxylation is 1. The molecule has 0 amide bonds. The highest BCUT2D eigenvalue weighted by Crippen LogP contribution is 2.18. The molecule has 2 heterocycles. The predicted octanol–water partition coefficient (Wildman–Crippen LogP) is 2.14. The molecule has 1 N–H and O–H groups in total. The van der Waals surface area contributed by atoms with Crippen LogP contribution in [0.5, 0.6) is 0 Å². The number of hydrogen-bond donors (Lipinski definition) is 1. The maximum Gasteiger partial charge on any atom is 0.0400 e. The lowest BCUT2D eigenvalue weighted by Crippen LogP contribution is -2.33. The monoisotopic (exact) mass is 219 g/mol. The third-order valence-corrected chi connectivity index (χ3v) is 3.44. The standard InChI is InChI=1S/C13H21N3/c1-11-9-14-6-3-13(11)15-10-12-4-7-16(2)8-5-12/h3,6,9,12H,4-5,7-8,10H2,1-2H3,(H,14,15). The van der Waals surface area contributed by atoms with Gasteiger partial charge in [0, 0.05) is 24.6 Å². The Morgan fingerprint density at radius 3 is 2.88 bits per heavy atom. The third-order valence-electron chi connectivity index (χ3n) is 3.44. The predicted molar refractivity (Wildman–Crippen MR) is 67.7 cm³/mol. The normalized spacial score (nSPS) is 18.6. The van der Waals surface area contributed by atoms with Crippen molar-refractivity contribution < 1.29 is 0 Å². The highest BCUT2D eigenvalue weighted by Gasteiger charge is 2.16. The molecule has 1 aliphatic rings. The van der Waals surface area contributed by atoms with Crippen molar-refractivity contribution in [1.82, 2.24) is 9.88 Å². The number of aromatic nitrogens is 1. The molecule has 3 nitrogen and oxygen atoms in total. The summed E-state index contributed by atoms with van der Waals surface area (Å²) in [6, 6.07) is 2.06. The number of nitrogens with one attached hydrogen (secondary N) is 1. The zero-order valence-corrected chi connectivity index (χ0v) is 10.2. The van der Waals surface area contributed by atoms with Gasteiger partial charge in [-0.1, -0.05) is 0 Å². The van der Waals surface area contributed by atoms with Crippen molar-refractivity contribution in [2.45, 2.75) is 19.8 Å². The summed E-state index contributed by atoms with van der Waals surface area (Å²) >= 11 is 0. The van der Waals surface area contributed by atoms with Gasteiger partial charge in [0.1, 0.15) is 0 Å². The number of hydrogen-bond acceptors (Lipinski definition) is 3. The SMILES string of the molecule is Cc1cnccc1NCC1CCN(C)CC1. The second-order valence-corrected chi connectivity index (χ2v) is 4.82. The van der Waals surface area contributed by atoms with Crippen LogP contribution in [-0.2, 0) is 0 Å². The molecule has 0 aliphatic carbocycles. The lowest BCUT2D eigenvalue weighted by Gasteiger charge is -2.29. The molecular weight excluding hydrogens is 198 g/mol. The highest BCUT2D eigenvalue weighted by atomic mass is 15.1. The molecule has 0 aromatic carbocycles. The molecule has 0 saturated carbocycles. The summed E-state index contributed by atoms with van der Waals surface area (Å²) in [4.78, 5) is 6.51. The summed E-state index contributed by atoms with van der Waals surface area (Å²) in [6.45, 7) is 5.67. The molecular formula is C13H21N3. The van der Waals surface area contributed by atoms with E-state index in [1.54, 1.807) is 0 Å². The van der Waals surface area contributed by atoms with Gasteiger partial charge in [0.15, 0.2) is 0 Å². The Hall–Kier alpha value is -1.09. The van der Waals surface area contributed by atoms with Crippen molar-refractivity contribution in [2.24, 2.45) is 5.92 Å². The molecule has 0 atom stereocenters. The first-order chi connectivity index (χ1) is 7.75. The van der Waals surface area contributed by atoms with Crippen LogP contribution in [0, 0.1) is 12.8 Å². The van der Waals surface area contributed by atoms with E-state index in [0.29, 0.717) is 0 Å². The highest BCUT2D eigenvalue weighted by molar-refractivity contribution is 5.48. The fraction of sp³-hybridized carbons (Fsp3) is 0.615. The Morgan fingerprint density at radius 1 is 1.44 bits per heavy atom. The van der Waals surface area contributed by atoms with Gasteiger partial charge < -0.3 is 10.2 Å². The minimum Gasteiger partial charge on any atom is -0.384 e. The number of nitrogens with zero attached hydrogens (tertiary/aromatic N) is 2. The molecule has 88 valence electrons. The first kappa shape index (κ1) is 11.4. The maximum absolute atomic E-state index is 4.10. The fourth-order valence-corrected chi connectivity index (χ4v) is 2.19. The van der Waals surface area contributed by atoms with Crippen molar-refractivity contribution >= 4 is 5.69 Å². The Balaban J connectivity index is 1.81. The minimum atomic E-state index is 0.823. The van der Waals surface area contributed by atoms with Crippen LogP contribution < -0.4 is 5.32 Å². The molecule has 1 saturated heterocycles. The van der Waals surface area contributed by atoms with Crippen molar-refractivity contribution in [1.29, 1.82) is 0 Å². The number of piperidine rings is 1. The van der Waals surface area contributed by atoms with Crippen LogP contribution >= 0.6 is 0 Å². The van der Waals surface area contributed by atoms with E-state index in [1.807, 2.05) is 12.4 Å². The van der Waals surface area contributed by atoms with Crippen molar-refractivity contribution in [3.63, 3.8) is 0 Å². The van der Waals surface area contributed by atoms with E-state index in [0.717, 1.165) is 12.5 Å². The smallest absolute Gasteiger partial charge is 0.0400 e. The third kappa shape index (κ3) is 2.95. The summed E-state index contributed by atoms with van der Waals surface area (Å²) in [5.74, 6) is 0.823. The van der Waals surface area contributed by atoms with Gasteiger partial charge in [-0.3, -0.25) is 4.98 Å². The number of anilines is 1. The Morgan fingerprint density at radius 2 is 2.19 bits per heavy atom. The zero-order valence-electron chi connectivity index (χ0n) is 10.2. The largest absolute Gasteiger partial charge is 0.384 e. The summed E-state index contributed by atoms with van der Waals surface area (Å²) < 4.78 is 0. The van der Waals surface area contributed by atoms with Gasteiger partial charge in [-0.15, -0.1) is 0 Å². The lowest BCUT2D eigenvalue weighted by atomic mass is 9.97. The van der Waals surface area contributed by atoms with Gasteiger partial charge in [-0.2, -0.15) is 0 Å². The van der Waals surface area contributed by atoms with E-state index in [2.05, 4.69) is 35.2 Å². The maximum atomic E-state index is 4.10. The van der Waals surface area contributed by atoms with Gasteiger partial charge in [-0.25, -0.2) is 0 Å². The molecule has 0 spiro atoms. The van der Waals surface area contributed by atoms with Crippen molar-refractivity contribution in [3.8, 4) is 0 Å². The molecule has 3 heteroatoms. The zero-order chi connectivity index (χ0) is 11.4. The molecule has 2 rings (SSSR count). The molecule has 1 aromatic heterocycles. The van der Waals surface area contributed by atoms with Gasteiger partial charge in [0.2, 0.25) is 0 Å². The first-order valence-electron chi connectivity index (χ1n) is 6.09. The van der Waals surface area contributed by atoms with Crippen LogP contribution in [0.25, 0.3) is 0 Å². The quantitative estimate of drug-likeness (QED) is 0.844. The molecule has 16 heavy (non-hydrogen) atoms. The summed E-state index contributed by atoms with van der Waals surface area (Å²) in [6.07, 6.45) is 6.39. The number of likely N-dealkylation sites (tertiary alicyclic amines) is 1. The van der Waals surface area contributed by atoms with E-state index in [9.17, 15) is 0 Å². The van der Waals surface area contributed by atoms with Crippen LogP contribution in [0.3, 0.4) is 0 Å². The average molecular weight is 219 g/mol. The second kappa shape index (κ2) is 5.30. The Bertz CT molecular complexity index is 330. The van der Waals surface area contributed by atoms with Gasteiger partial charge in [-0.05, 0) is 57.5 Å². The van der Waals surface area contributed by atoms with E-state index in [4.69, 9.17) is 0 Å². The molecule has 0 radical (unpaired) electrons. The van der Waals surface area contributed by atoms with Gasteiger partial charge >= 0.3 is 0 Å². The summed E-state index contributed by atoms with van der Waals surface area (Å²) in [5.41, 5.74) is 2.46.